The van der Waals surface area contributed by atoms with E-state index in [0.29, 0.717) is 18.9 Å². The summed E-state index contributed by atoms with van der Waals surface area (Å²) in [6, 6.07) is 7.63. The zero-order chi connectivity index (χ0) is 18.6. The number of carbonyl (C=O) groups is 1. The van der Waals surface area contributed by atoms with Crippen LogP contribution in [0.3, 0.4) is 0 Å². The monoisotopic (exact) mass is 359 g/mol. The molecule has 1 amide bonds. The Morgan fingerprint density at radius 1 is 1.35 bits per heavy atom. The summed E-state index contributed by atoms with van der Waals surface area (Å²) in [6.07, 6.45) is 3.44. The molecule has 2 heterocycles. The van der Waals surface area contributed by atoms with E-state index in [9.17, 15) is 9.90 Å². The Kier molecular flexibility index (Phi) is 5.58. The topological polar surface area (TPSA) is 76.8 Å². The molecular weight excluding hydrogens is 334 g/mol. The van der Waals surface area contributed by atoms with Crippen LogP contribution in [0.25, 0.3) is 0 Å². The largest absolute Gasteiger partial charge is 0.490 e. The molecule has 0 radical (unpaired) electrons. The van der Waals surface area contributed by atoms with Crippen LogP contribution in [-0.2, 0) is 16.1 Å². The minimum Gasteiger partial charge on any atom is -0.490 e. The van der Waals surface area contributed by atoms with Crippen LogP contribution >= 0.6 is 0 Å². The maximum atomic E-state index is 12.6. The summed E-state index contributed by atoms with van der Waals surface area (Å²) in [6.45, 7) is 5.25. The number of hydrogen-bond donors (Lipinski definition) is 1. The lowest BCUT2D eigenvalue weighted by Crippen LogP contribution is -2.50. The van der Waals surface area contributed by atoms with Gasteiger partial charge < -0.3 is 24.0 Å². The van der Waals surface area contributed by atoms with Gasteiger partial charge in [-0.15, -0.1) is 0 Å². The fourth-order valence-corrected chi connectivity index (χ4v) is 2.89. The van der Waals surface area contributed by atoms with Gasteiger partial charge in [0.05, 0.1) is 19.8 Å². The van der Waals surface area contributed by atoms with Crippen LogP contribution in [0.15, 0.2) is 36.7 Å². The molecule has 140 valence electrons. The molecule has 0 unspecified atom stereocenters. The van der Waals surface area contributed by atoms with Gasteiger partial charge in [-0.1, -0.05) is 17.7 Å². The Morgan fingerprint density at radius 3 is 2.81 bits per heavy atom. The van der Waals surface area contributed by atoms with Gasteiger partial charge in [0.25, 0.3) is 0 Å². The first-order valence-corrected chi connectivity index (χ1v) is 8.70. The Balaban J connectivity index is 1.62. The Bertz CT molecular complexity index is 743. The minimum absolute atomic E-state index is 0.0595. The van der Waals surface area contributed by atoms with Crippen molar-refractivity contribution in [2.45, 2.75) is 26.0 Å². The van der Waals surface area contributed by atoms with E-state index in [4.69, 9.17) is 9.47 Å². The van der Waals surface area contributed by atoms with Gasteiger partial charge in [-0.2, -0.15) is 0 Å². The van der Waals surface area contributed by atoms with Crippen LogP contribution < -0.4 is 4.74 Å². The number of aromatic nitrogens is 2. The molecule has 1 saturated heterocycles. The molecule has 0 saturated carbocycles. The molecule has 7 heteroatoms. The summed E-state index contributed by atoms with van der Waals surface area (Å²) in [4.78, 5) is 18.4. The number of aliphatic hydroxyl groups is 1. The number of rotatable bonds is 5. The van der Waals surface area contributed by atoms with Crippen molar-refractivity contribution in [1.29, 1.82) is 0 Å². The van der Waals surface area contributed by atoms with Gasteiger partial charge in [-0.05, 0) is 26.0 Å². The number of ether oxygens (including phenoxy) is 2. The predicted molar refractivity (Wildman–Crippen MR) is 96.0 cm³/mol. The highest BCUT2D eigenvalue weighted by molar-refractivity contribution is 5.76. The number of nitrogens with zero attached hydrogens (tertiary/aromatic N) is 3. The van der Waals surface area contributed by atoms with Gasteiger partial charge in [0, 0.05) is 18.9 Å². The van der Waals surface area contributed by atoms with Gasteiger partial charge in [0.15, 0.2) is 0 Å². The van der Waals surface area contributed by atoms with Crippen LogP contribution in [0.4, 0.5) is 0 Å². The molecule has 1 atom stereocenters. The van der Waals surface area contributed by atoms with Crippen molar-refractivity contribution in [2.75, 3.05) is 32.9 Å². The molecule has 2 aromatic rings. The van der Waals surface area contributed by atoms with E-state index >= 15 is 0 Å². The molecule has 1 aromatic heterocycles. The maximum absolute atomic E-state index is 12.6. The smallest absolute Gasteiger partial charge is 0.242 e. The quantitative estimate of drug-likeness (QED) is 0.867. The number of benzene rings is 1. The second kappa shape index (κ2) is 7.88. The molecule has 3 rings (SSSR count). The van der Waals surface area contributed by atoms with E-state index in [-0.39, 0.29) is 32.2 Å². The van der Waals surface area contributed by atoms with Crippen molar-refractivity contribution in [3.05, 3.63) is 48.0 Å². The predicted octanol–water partition coefficient (Wildman–Crippen LogP) is 1.17. The zero-order valence-corrected chi connectivity index (χ0v) is 15.2. The third kappa shape index (κ3) is 4.62. The third-order valence-corrected chi connectivity index (χ3v) is 4.47. The lowest BCUT2D eigenvalue weighted by Gasteiger charge is -2.30. The van der Waals surface area contributed by atoms with Crippen molar-refractivity contribution in [3.63, 3.8) is 0 Å². The highest BCUT2D eigenvalue weighted by Crippen LogP contribution is 2.18. The van der Waals surface area contributed by atoms with Crippen molar-refractivity contribution in [3.8, 4) is 5.75 Å². The van der Waals surface area contributed by atoms with Crippen molar-refractivity contribution in [2.24, 2.45) is 0 Å². The minimum atomic E-state index is -1.25. The number of hydrogen-bond acceptors (Lipinski definition) is 5. The number of carbonyl (C=O) groups excluding carboxylic acids is 1. The standard InChI is InChI=1S/C19H25N3O4/c1-15-3-5-17(6-4-15)26-14-19(24)12-22(9-10-25-13-19)18(23)11-21-8-7-20-16(21)2/h3-8,24H,9-14H2,1-2H3/t19-/m1/s1. The van der Waals surface area contributed by atoms with Gasteiger partial charge in [-0.25, -0.2) is 4.98 Å². The fraction of sp³-hybridized carbons (Fsp3) is 0.474. The van der Waals surface area contributed by atoms with Crippen molar-refractivity contribution >= 4 is 5.91 Å². The van der Waals surface area contributed by atoms with E-state index in [1.165, 1.54) is 0 Å². The molecule has 0 spiro atoms. The molecule has 1 fully saturated rings. The summed E-state index contributed by atoms with van der Waals surface area (Å²) < 4.78 is 13.0. The Hall–Kier alpha value is -2.38. The number of amides is 1. The third-order valence-electron chi connectivity index (χ3n) is 4.47. The van der Waals surface area contributed by atoms with Gasteiger partial charge in [-0.3, -0.25) is 4.79 Å². The van der Waals surface area contributed by atoms with Crippen molar-refractivity contribution in [1.82, 2.24) is 14.5 Å². The van der Waals surface area contributed by atoms with Gasteiger partial charge in [0.2, 0.25) is 5.91 Å². The van der Waals surface area contributed by atoms with Crippen LogP contribution in [0.5, 0.6) is 5.75 Å². The molecular formula is C19H25N3O4. The molecule has 1 N–H and O–H groups in total. The van der Waals surface area contributed by atoms with Crippen molar-refractivity contribution < 1.29 is 19.4 Å². The summed E-state index contributed by atoms with van der Waals surface area (Å²) >= 11 is 0. The van der Waals surface area contributed by atoms with E-state index in [0.717, 1.165) is 11.4 Å². The Labute approximate surface area is 153 Å². The van der Waals surface area contributed by atoms with Crippen LogP contribution in [0.1, 0.15) is 11.4 Å². The molecule has 26 heavy (non-hydrogen) atoms. The average molecular weight is 359 g/mol. The Morgan fingerprint density at radius 2 is 2.12 bits per heavy atom. The van der Waals surface area contributed by atoms with Crippen LogP contribution in [-0.4, -0.2) is 64.0 Å². The molecule has 0 aliphatic carbocycles. The summed E-state index contributed by atoms with van der Waals surface area (Å²) in [7, 11) is 0. The van der Waals surface area contributed by atoms with E-state index in [1.54, 1.807) is 21.9 Å². The van der Waals surface area contributed by atoms with E-state index in [1.807, 2.05) is 38.1 Å². The lowest BCUT2D eigenvalue weighted by molar-refractivity contribution is -0.135. The van der Waals surface area contributed by atoms with Gasteiger partial charge in [0.1, 0.15) is 30.3 Å². The van der Waals surface area contributed by atoms with Crippen LogP contribution in [0, 0.1) is 13.8 Å². The molecule has 1 aromatic carbocycles. The molecule has 1 aliphatic heterocycles. The van der Waals surface area contributed by atoms with E-state index < -0.39 is 5.60 Å². The lowest BCUT2D eigenvalue weighted by atomic mass is 10.1. The SMILES string of the molecule is Cc1ccc(OC[C@]2(O)COCCN(C(=O)Cn3ccnc3C)C2)cc1. The highest BCUT2D eigenvalue weighted by Gasteiger charge is 2.35. The number of imidazole rings is 1. The second-order valence-electron chi connectivity index (χ2n) is 6.80. The van der Waals surface area contributed by atoms with E-state index in [2.05, 4.69) is 4.98 Å². The summed E-state index contributed by atoms with van der Waals surface area (Å²) in [5.74, 6) is 1.38. The fourth-order valence-electron chi connectivity index (χ4n) is 2.89. The number of β-amino-alcohol motifs (C(OH)–C–C–N with tert-alkyl or cyclic N) is 1. The summed E-state index contributed by atoms with van der Waals surface area (Å²) in [5.41, 5.74) is -0.110. The maximum Gasteiger partial charge on any atom is 0.242 e. The second-order valence-corrected chi connectivity index (χ2v) is 6.80. The number of aryl methyl sites for hydroxylation is 2. The first kappa shape index (κ1) is 18.4. The highest BCUT2D eigenvalue weighted by atomic mass is 16.5. The molecule has 0 bridgehead atoms. The normalized spacial score (nSPS) is 20.7. The average Bonchev–Trinajstić information content (AvgIpc) is 2.90. The molecule has 7 nitrogen and oxygen atoms in total. The zero-order valence-electron chi connectivity index (χ0n) is 15.2. The van der Waals surface area contributed by atoms with Gasteiger partial charge >= 0.3 is 0 Å². The first-order valence-electron chi connectivity index (χ1n) is 8.70. The summed E-state index contributed by atoms with van der Waals surface area (Å²) in [5, 5.41) is 10.9. The molecule has 1 aliphatic rings. The van der Waals surface area contributed by atoms with Crippen LogP contribution in [0.2, 0.25) is 0 Å². The first-order chi connectivity index (χ1) is 12.5.